The van der Waals surface area contributed by atoms with Gasteiger partial charge in [-0.15, -0.1) is 0 Å². The molecule has 0 atom stereocenters. The zero-order valence-corrected chi connectivity index (χ0v) is 12.7. The summed E-state index contributed by atoms with van der Waals surface area (Å²) < 4.78 is 5.21. The number of carbonyl (C=O) groups excluding carboxylic acids is 1. The highest BCUT2D eigenvalue weighted by Gasteiger charge is 2.24. The molecule has 0 aliphatic carbocycles. The van der Waals surface area contributed by atoms with Gasteiger partial charge in [0, 0.05) is 44.6 Å². The van der Waals surface area contributed by atoms with E-state index in [4.69, 9.17) is 4.74 Å². The first-order chi connectivity index (χ1) is 10.3. The van der Waals surface area contributed by atoms with E-state index in [9.17, 15) is 4.79 Å². The average Bonchev–Trinajstić information content (AvgIpc) is 2.55. The summed E-state index contributed by atoms with van der Waals surface area (Å²) >= 11 is 0. The normalized spacial score (nSPS) is 19.0. The van der Waals surface area contributed by atoms with Crippen LogP contribution in [0.2, 0.25) is 0 Å². The lowest BCUT2D eigenvalue weighted by Crippen LogP contribution is -2.39. The number of nitrogens with one attached hydrogen (secondary N) is 1. The van der Waals surface area contributed by atoms with Crippen molar-refractivity contribution in [1.82, 2.24) is 4.90 Å². The van der Waals surface area contributed by atoms with Crippen molar-refractivity contribution in [2.45, 2.75) is 25.7 Å². The predicted molar refractivity (Wildman–Crippen MR) is 83.8 cm³/mol. The smallest absolute Gasteiger partial charge is 0.253 e. The average molecular weight is 288 g/mol. The number of ether oxygens (including phenoxy) is 1. The molecule has 1 aromatic carbocycles. The molecule has 1 fully saturated rings. The molecule has 0 saturated carbocycles. The van der Waals surface area contributed by atoms with Gasteiger partial charge in [-0.1, -0.05) is 0 Å². The summed E-state index contributed by atoms with van der Waals surface area (Å²) in [6, 6.07) is 6.09. The molecular formula is C17H24N2O2. The van der Waals surface area contributed by atoms with Crippen LogP contribution >= 0.6 is 0 Å². The largest absolute Gasteiger partial charge is 0.385 e. The number of aryl methyl sites for hydroxylation is 1. The van der Waals surface area contributed by atoms with Crippen LogP contribution in [0.15, 0.2) is 18.2 Å². The summed E-state index contributed by atoms with van der Waals surface area (Å²) in [5.41, 5.74) is 3.31. The Morgan fingerprint density at radius 1 is 1.38 bits per heavy atom. The van der Waals surface area contributed by atoms with Crippen LogP contribution in [0.3, 0.4) is 0 Å². The third-order valence-corrected chi connectivity index (χ3v) is 4.59. The second-order valence-electron chi connectivity index (χ2n) is 6.09. The molecular weight excluding hydrogens is 264 g/mol. The maximum atomic E-state index is 12.6. The minimum Gasteiger partial charge on any atom is -0.385 e. The van der Waals surface area contributed by atoms with Crippen LogP contribution in [0.25, 0.3) is 0 Å². The lowest BCUT2D eigenvalue weighted by molar-refractivity contribution is 0.0613. The fourth-order valence-corrected chi connectivity index (χ4v) is 3.33. The Morgan fingerprint density at radius 3 is 2.95 bits per heavy atom. The number of hydrogen-bond donors (Lipinski definition) is 1. The Hall–Kier alpha value is -1.55. The van der Waals surface area contributed by atoms with Gasteiger partial charge in [0.2, 0.25) is 0 Å². The van der Waals surface area contributed by atoms with E-state index < -0.39 is 0 Å². The highest BCUT2D eigenvalue weighted by Crippen LogP contribution is 2.25. The molecule has 2 aliphatic heterocycles. The molecule has 4 heteroatoms. The second kappa shape index (κ2) is 6.48. The summed E-state index contributed by atoms with van der Waals surface area (Å²) in [5.74, 6) is 0.783. The molecule has 1 aromatic rings. The fraction of sp³-hybridized carbons (Fsp3) is 0.588. The quantitative estimate of drug-likeness (QED) is 0.929. The van der Waals surface area contributed by atoms with Crippen LogP contribution in [0.4, 0.5) is 5.69 Å². The topological polar surface area (TPSA) is 41.6 Å². The molecule has 0 unspecified atom stereocenters. The summed E-state index contributed by atoms with van der Waals surface area (Å²) in [6.45, 7) is 3.55. The van der Waals surface area contributed by atoms with Gasteiger partial charge in [-0.25, -0.2) is 0 Å². The standard InChI is InChI=1S/C17H24N2O2/c1-21-12-13-6-9-19(10-7-13)17(20)15-4-5-16-14(11-15)3-2-8-18-16/h4-5,11,13,18H,2-3,6-10,12H2,1H3. The number of hydrogen-bond acceptors (Lipinski definition) is 3. The number of benzene rings is 1. The van der Waals surface area contributed by atoms with Crippen molar-refractivity contribution >= 4 is 11.6 Å². The Kier molecular flexibility index (Phi) is 4.44. The summed E-state index contributed by atoms with van der Waals surface area (Å²) in [7, 11) is 1.75. The van der Waals surface area contributed by atoms with Gasteiger partial charge in [0.1, 0.15) is 0 Å². The van der Waals surface area contributed by atoms with Gasteiger partial charge in [0.25, 0.3) is 5.91 Å². The van der Waals surface area contributed by atoms with Crippen molar-refractivity contribution in [3.05, 3.63) is 29.3 Å². The number of fused-ring (bicyclic) bond motifs is 1. The number of likely N-dealkylation sites (tertiary alicyclic amines) is 1. The van der Waals surface area contributed by atoms with E-state index in [0.717, 1.165) is 57.5 Å². The number of carbonyl (C=O) groups is 1. The van der Waals surface area contributed by atoms with Gasteiger partial charge in [0.05, 0.1) is 0 Å². The molecule has 1 amide bonds. The Balaban J connectivity index is 1.66. The molecule has 3 rings (SSSR count). The lowest BCUT2D eigenvalue weighted by atomic mass is 9.96. The molecule has 2 aliphatic rings. The second-order valence-corrected chi connectivity index (χ2v) is 6.09. The molecule has 4 nitrogen and oxygen atoms in total. The Labute approximate surface area is 126 Å². The Bertz CT molecular complexity index is 508. The van der Waals surface area contributed by atoms with E-state index in [2.05, 4.69) is 17.4 Å². The van der Waals surface area contributed by atoms with E-state index in [0.29, 0.717) is 5.92 Å². The fourth-order valence-electron chi connectivity index (χ4n) is 3.33. The van der Waals surface area contributed by atoms with E-state index in [1.54, 1.807) is 7.11 Å². The van der Waals surface area contributed by atoms with Crippen molar-refractivity contribution in [3.63, 3.8) is 0 Å². The minimum atomic E-state index is 0.180. The van der Waals surface area contributed by atoms with Gasteiger partial charge in [0.15, 0.2) is 0 Å². The van der Waals surface area contributed by atoms with Crippen LogP contribution in [-0.4, -0.2) is 44.2 Å². The lowest BCUT2D eigenvalue weighted by Gasteiger charge is -2.32. The number of amides is 1. The third kappa shape index (κ3) is 3.21. The van der Waals surface area contributed by atoms with Crippen molar-refractivity contribution in [3.8, 4) is 0 Å². The summed E-state index contributed by atoms with van der Waals surface area (Å²) in [4.78, 5) is 14.6. The van der Waals surface area contributed by atoms with E-state index in [1.807, 2.05) is 11.0 Å². The molecule has 2 heterocycles. The number of piperidine rings is 1. The van der Waals surface area contributed by atoms with Crippen LogP contribution < -0.4 is 5.32 Å². The zero-order valence-electron chi connectivity index (χ0n) is 12.7. The molecule has 0 spiro atoms. The van der Waals surface area contributed by atoms with Crippen LogP contribution in [0.5, 0.6) is 0 Å². The molecule has 1 N–H and O–H groups in total. The maximum Gasteiger partial charge on any atom is 0.253 e. The van der Waals surface area contributed by atoms with E-state index in [1.165, 1.54) is 11.3 Å². The first kappa shape index (κ1) is 14.4. The summed E-state index contributed by atoms with van der Waals surface area (Å²) in [6.07, 6.45) is 4.31. The number of nitrogens with zero attached hydrogens (tertiary/aromatic N) is 1. The van der Waals surface area contributed by atoms with Crippen molar-refractivity contribution in [2.75, 3.05) is 38.7 Å². The highest BCUT2D eigenvalue weighted by atomic mass is 16.5. The molecule has 21 heavy (non-hydrogen) atoms. The third-order valence-electron chi connectivity index (χ3n) is 4.59. The molecule has 0 aromatic heterocycles. The predicted octanol–water partition coefficient (Wildman–Crippen LogP) is 2.54. The van der Waals surface area contributed by atoms with E-state index in [-0.39, 0.29) is 5.91 Å². The van der Waals surface area contributed by atoms with E-state index >= 15 is 0 Å². The first-order valence-electron chi connectivity index (χ1n) is 7.93. The van der Waals surface area contributed by atoms with Gasteiger partial charge < -0.3 is 15.0 Å². The maximum absolute atomic E-state index is 12.6. The number of anilines is 1. The summed E-state index contributed by atoms with van der Waals surface area (Å²) in [5, 5.41) is 3.39. The van der Waals surface area contributed by atoms with Crippen LogP contribution in [0.1, 0.15) is 35.2 Å². The zero-order chi connectivity index (χ0) is 14.7. The van der Waals surface area contributed by atoms with Gasteiger partial charge in [-0.05, 0) is 55.4 Å². The van der Waals surface area contributed by atoms with Crippen LogP contribution in [0, 0.1) is 5.92 Å². The molecule has 0 radical (unpaired) electrons. The SMILES string of the molecule is COCC1CCN(C(=O)c2ccc3c(c2)CCCN3)CC1. The molecule has 114 valence electrons. The number of rotatable bonds is 3. The van der Waals surface area contributed by atoms with Crippen molar-refractivity contribution in [2.24, 2.45) is 5.92 Å². The highest BCUT2D eigenvalue weighted by molar-refractivity contribution is 5.95. The van der Waals surface area contributed by atoms with Gasteiger partial charge in [-0.2, -0.15) is 0 Å². The van der Waals surface area contributed by atoms with Crippen LogP contribution in [-0.2, 0) is 11.2 Å². The van der Waals surface area contributed by atoms with Crippen molar-refractivity contribution < 1.29 is 9.53 Å². The minimum absolute atomic E-state index is 0.180. The molecule has 0 bridgehead atoms. The van der Waals surface area contributed by atoms with Gasteiger partial charge in [-0.3, -0.25) is 4.79 Å². The molecule has 1 saturated heterocycles. The van der Waals surface area contributed by atoms with Gasteiger partial charge >= 0.3 is 0 Å². The first-order valence-corrected chi connectivity index (χ1v) is 7.93. The number of methoxy groups -OCH3 is 1. The Morgan fingerprint density at radius 2 is 2.19 bits per heavy atom. The van der Waals surface area contributed by atoms with Crippen molar-refractivity contribution in [1.29, 1.82) is 0 Å². The monoisotopic (exact) mass is 288 g/mol.